The van der Waals surface area contributed by atoms with Crippen molar-refractivity contribution in [2.24, 2.45) is 0 Å². The maximum Gasteiger partial charge on any atom is 0.187 e. The predicted molar refractivity (Wildman–Crippen MR) is 88.6 cm³/mol. The van der Waals surface area contributed by atoms with Gasteiger partial charge in [0.2, 0.25) is 0 Å². The van der Waals surface area contributed by atoms with Crippen LogP contribution in [0.5, 0.6) is 5.75 Å². The molecule has 1 heterocycles. The van der Waals surface area contributed by atoms with Gasteiger partial charge in [-0.25, -0.2) is 4.98 Å². The lowest BCUT2D eigenvalue weighted by molar-refractivity contribution is 0.416. The lowest BCUT2D eigenvalue weighted by Crippen LogP contribution is -1.91. The van der Waals surface area contributed by atoms with Crippen LogP contribution in [-0.2, 0) is 0 Å². The van der Waals surface area contributed by atoms with Gasteiger partial charge in [-0.05, 0) is 31.2 Å². The first kappa shape index (κ1) is 13.6. The zero-order valence-corrected chi connectivity index (χ0v) is 12.8. The van der Waals surface area contributed by atoms with Crippen molar-refractivity contribution >= 4 is 22.2 Å². The minimum Gasteiger partial charge on any atom is -0.496 e. The molecule has 0 radical (unpaired) electrons. The zero-order valence-electron chi connectivity index (χ0n) is 12.0. The van der Waals surface area contributed by atoms with Gasteiger partial charge in [0.1, 0.15) is 5.75 Å². The Morgan fingerprint density at radius 2 is 1.90 bits per heavy atom. The van der Waals surface area contributed by atoms with Crippen molar-refractivity contribution in [1.82, 2.24) is 4.98 Å². The monoisotopic (exact) mass is 296 g/mol. The lowest BCUT2D eigenvalue weighted by atomic mass is 10.1. The van der Waals surface area contributed by atoms with E-state index in [1.807, 2.05) is 47.8 Å². The highest BCUT2D eigenvalue weighted by Gasteiger charge is 2.10. The van der Waals surface area contributed by atoms with Crippen molar-refractivity contribution in [3.05, 3.63) is 59.5 Å². The van der Waals surface area contributed by atoms with E-state index >= 15 is 0 Å². The molecule has 1 aromatic heterocycles. The van der Waals surface area contributed by atoms with E-state index in [1.54, 1.807) is 18.4 Å². The Kier molecular flexibility index (Phi) is 3.88. The third kappa shape index (κ3) is 3.06. The van der Waals surface area contributed by atoms with Gasteiger partial charge in [-0.15, -0.1) is 11.3 Å². The fraction of sp³-hybridized carbons (Fsp3) is 0.118. The average molecular weight is 296 g/mol. The van der Waals surface area contributed by atoms with Gasteiger partial charge >= 0.3 is 0 Å². The lowest BCUT2D eigenvalue weighted by Gasteiger charge is -2.07. The standard InChI is InChI=1S/C17H16N2OS/c1-12-8-9-16(20-2)14(10-12)15-11-21-17(19-15)18-13-6-4-3-5-7-13/h3-11H,1-2H3,(H,18,19). The first-order valence-corrected chi connectivity index (χ1v) is 7.57. The fourth-order valence-electron chi connectivity index (χ4n) is 2.12. The number of aryl methyl sites for hydroxylation is 1. The Labute approximate surface area is 128 Å². The van der Waals surface area contributed by atoms with E-state index in [1.165, 1.54) is 5.56 Å². The molecule has 0 spiro atoms. The van der Waals surface area contributed by atoms with Crippen LogP contribution < -0.4 is 10.1 Å². The molecule has 106 valence electrons. The normalized spacial score (nSPS) is 10.4. The molecule has 0 aliphatic rings. The van der Waals surface area contributed by atoms with E-state index in [2.05, 4.69) is 23.3 Å². The van der Waals surface area contributed by atoms with Crippen LogP contribution in [-0.4, -0.2) is 12.1 Å². The number of thiazole rings is 1. The molecule has 0 saturated heterocycles. The highest BCUT2D eigenvalue weighted by atomic mass is 32.1. The summed E-state index contributed by atoms with van der Waals surface area (Å²) in [6.07, 6.45) is 0. The van der Waals surface area contributed by atoms with Crippen LogP contribution >= 0.6 is 11.3 Å². The van der Waals surface area contributed by atoms with Crippen molar-refractivity contribution < 1.29 is 4.74 Å². The molecule has 0 atom stereocenters. The van der Waals surface area contributed by atoms with Gasteiger partial charge < -0.3 is 10.1 Å². The van der Waals surface area contributed by atoms with Gasteiger partial charge in [0.05, 0.1) is 12.8 Å². The van der Waals surface area contributed by atoms with E-state index in [0.29, 0.717) is 0 Å². The second-order valence-electron chi connectivity index (χ2n) is 4.73. The van der Waals surface area contributed by atoms with Crippen LogP contribution in [0, 0.1) is 6.92 Å². The number of para-hydroxylation sites is 1. The van der Waals surface area contributed by atoms with Crippen LogP contribution in [0.15, 0.2) is 53.9 Å². The summed E-state index contributed by atoms with van der Waals surface area (Å²) < 4.78 is 5.43. The summed E-state index contributed by atoms with van der Waals surface area (Å²) in [4.78, 5) is 4.65. The topological polar surface area (TPSA) is 34.1 Å². The van der Waals surface area contributed by atoms with Gasteiger partial charge in [-0.2, -0.15) is 0 Å². The summed E-state index contributed by atoms with van der Waals surface area (Å²) in [7, 11) is 1.68. The Morgan fingerprint density at radius 3 is 2.67 bits per heavy atom. The number of nitrogens with zero attached hydrogens (tertiary/aromatic N) is 1. The summed E-state index contributed by atoms with van der Waals surface area (Å²) in [6, 6.07) is 16.2. The summed E-state index contributed by atoms with van der Waals surface area (Å²) in [5, 5.41) is 6.23. The Hall–Kier alpha value is -2.33. The molecule has 1 N–H and O–H groups in total. The molecular weight excluding hydrogens is 280 g/mol. The van der Waals surface area contributed by atoms with Crippen molar-refractivity contribution in [2.75, 3.05) is 12.4 Å². The first-order chi connectivity index (χ1) is 10.3. The van der Waals surface area contributed by atoms with Gasteiger partial charge in [0.25, 0.3) is 0 Å². The van der Waals surface area contributed by atoms with Crippen molar-refractivity contribution in [3.63, 3.8) is 0 Å². The number of hydrogen-bond acceptors (Lipinski definition) is 4. The number of hydrogen-bond donors (Lipinski definition) is 1. The van der Waals surface area contributed by atoms with Crippen LogP contribution in [0.2, 0.25) is 0 Å². The maximum absolute atomic E-state index is 5.43. The smallest absolute Gasteiger partial charge is 0.187 e. The molecule has 3 rings (SSSR count). The molecule has 4 heteroatoms. The van der Waals surface area contributed by atoms with Gasteiger partial charge in [0.15, 0.2) is 5.13 Å². The first-order valence-electron chi connectivity index (χ1n) is 6.69. The summed E-state index contributed by atoms with van der Waals surface area (Å²) >= 11 is 1.59. The number of rotatable bonds is 4. The fourth-order valence-corrected chi connectivity index (χ4v) is 2.85. The second kappa shape index (κ2) is 5.97. The van der Waals surface area contributed by atoms with E-state index in [0.717, 1.165) is 27.8 Å². The minimum atomic E-state index is 0.845. The highest BCUT2D eigenvalue weighted by Crippen LogP contribution is 2.33. The Morgan fingerprint density at radius 1 is 1.10 bits per heavy atom. The largest absolute Gasteiger partial charge is 0.496 e. The molecule has 0 aliphatic heterocycles. The molecule has 2 aromatic carbocycles. The van der Waals surface area contributed by atoms with Crippen LogP contribution in [0.1, 0.15) is 5.56 Å². The number of aromatic nitrogens is 1. The highest BCUT2D eigenvalue weighted by molar-refractivity contribution is 7.14. The van der Waals surface area contributed by atoms with E-state index in [9.17, 15) is 0 Å². The SMILES string of the molecule is COc1ccc(C)cc1-c1csc(Nc2ccccc2)n1. The van der Waals surface area contributed by atoms with Gasteiger partial charge in [0, 0.05) is 16.6 Å². The number of benzene rings is 2. The van der Waals surface area contributed by atoms with Gasteiger partial charge in [-0.3, -0.25) is 0 Å². The molecule has 0 saturated carbocycles. The molecule has 3 nitrogen and oxygen atoms in total. The Bertz CT molecular complexity index is 738. The average Bonchev–Trinajstić information content (AvgIpc) is 2.96. The second-order valence-corrected chi connectivity index (χ2v) is 5.59. The molecule has 0 bridgehead atoms. The summed E-state index contributed by atoms with van der Waals surface area (Å²) in [5.41, 5.74) is 4.18. The predicted octanol–water partition coefficient (Wildman–Crippen LogP) is 4.87. The van der Waals surface area contributed by atoms with Crippen LogP contribution in [0.4, 0.5) is 10.8 Å². The number of nitrogens with one attached hydrogen (secondary N) is 1. The van der Waals surface area contributed by atoms with E-state index in [-0.39, 0.29) is 0 Å². The minimum absolute atomic E-state index is 0.845. The maximum atomic E-state index is 5.43. The molecular formula is C17H16N2OS. The quantitative estimate of drug-likeness (QED) is 0.745. The summed E-state index contributed by atoms with van der Waals surface area (Å²) in [6.45, 7) is 2.07. The van der Waals surface area contributed by atoms with E-state index in [4.69, 9.17) is 4.74 Å². The van der Waals surface area contributed by atoms with Crippen molar-refractivity contribution in [3.8, 4) is 17.0 Å². The summed E-state index contributed by atoms with van der Waals surface area (Å²) in [5.74, 6) is 0.845. The molecule has 21 heavy (non-hydrogen) atoms. The number of methoxy groups -OCH3 is 1. The molecule has 0 amide bonds. The van der Waals surface area contributed by atoms with E-state index < -0.39 is 0 Å². The van der Waals surface area contributed by atoms with Crippen molar-refractivity contribution in [2.45, 2.75) is 6.92 Å². The number of anilines is 2. The van der Waals surface area contributed by atoms with Gasteiger partial charge in [-0.1, -0.05) is 29.8 Å². The van der Waals surface area contributed by atoms with Crippen LogP contribution in [0.25, 0.3) is 11.3 Å². The third-order valence-corrected chi connectivity index (χ3v) is 3.92. The number of ether oxygens (including phenoxy) is 1. The Balaban J connectivity index is 1.90. The molecule has 0 aliphatic carbocycles. The van der Waals surface area contributed by atoms with Crippen LogP contribution in [0.3, 0.4) is 0 Å². The van der Waals surface area contributed by atoms with Crippen molar-refractivity contribution in [1.29, 1.82) is 0 Å². The third-order valence-electron chi connectivity index (χ3n) is 3.16. The molecule has 3 aromatic rings. The zero-order chi connectivity index (χ0) is 14.7. The molecule has 0 unspecified atom stereocenters. The molecule has 0 fully saturated rings.